The van der Waals surface area contributed by atoms with Gasteiger partial charge in [0.05, 0.1) is 12.4 Å². The molecule has 0 bridgehead atoms. The number of benzene rings is 2. The van der Waals surface area contributed by atoms with Crippen LogP contribution in [0.2, 0.25) is 0 Å². The van der Waals surface area contributed by atoms with Crippen molar-refractivity contribution in [3.8, 4) is 5.75 Å². The van der Waals surface area contributed by atoms with Gasteiger partial charge in [0, 0.05) is 41.8 Å². The summed E-state index contributed by atoms with van der Waals surface area (Å²) in [6.07, 6.45) is 4.81. The van der Waals surface area contributed by atoms with Crippen molar-refractivity contribution in [2.75, 3.05) is 0 Å². The summed E-state index contributed by atoms with van der Waals surface area (Å²) < 4.78 is 0. The Labute approximate surface area is 240 Å². The highest BCUT2D eigenvalue weighted by Crippen LogP contribution is 2.19. The number of imidazole rings is 1. The third kappa shape index (κ3) is 7.73. The lowest BCUT2D eigenvalue weighted by Crippen LogP contribution is -2.57. The Hall–Kier alpha value is -5.17. The summed E-state index contributed by atoms with van der Waals surface area (Å²) in [4.78, 5) is 60.8. The number of rotatable bonds is 13. The first-order chi connectivity index (χ1) is 20.1. The van der Waals surface area contributed by atoms with E-state index in [9.17, 15) is 29.4 Å². The van der Waals surface area contributed by atoms with Crippen LogP contribution >= 0.6 is 0 Å². The second kappa shape index (κ2) is 13.5. The zero-order valence-electron chi connectivity index (χ0n) is 22.8. The number of amides is 3. The van der Waals surface area contributed by atoms with Gasteiger partial charge in [-0.3, -0.25) is 14.4 Å². The second-order valence-electron chi connectivity index (χ2n) is 10.0. The zero-order valence-corrected chi connectivity index (χ0v) is 22.8. The maximum Gasteiger partial charge on any atom is 0.326 e. The summed E-state index contributed by atoms with van der Waals surface area (Å²) in [5, 5.41) is 27.9. The first kappa shape index (κ1) is 29.8. The van der Waals surface area contributed by atoms with Crippen LogP contribution in [0.4, 0.5) is 0 Å². The summed E-state index contributed by atoms with van der Waals surface area (Å²) in [5.74, 6) is -3.19. The fraction of sp³-hybridized carbons (Fsp3) is 0.276. The topological polar surface area (TPSA) is 215 Å². The number of aromatic nitrogens is 3. The summed E-state index contributed by atoms with van der Waals surface area (Å²) in [7, 11) is 0. The molecule has 0 aliphatic carbocycles. The number of nitrogens with two attached hydrogens (primary N) is 1. The molecule has 0 saturated heterocycles. The number of H-pyrrole nitrogens is 2. The van der Waals surface area contributed by atoms with E-state index in [2.05, 4.69) is 30.9 Å². The monoisotopic (exact) mass is 575 g/mol. The molecular formula is C29H33N7O6. The van der Waals surface area contributed by atoms with Crippen LogP contribution in [0.1, 0.15) is 23.7 Å². The van der Waals surface area contributed by atoms with Crippen LogP contribution in [0, 0.1) is 0 Å². The fourth-order valence-electron chi connectivity index (χ4n) is 4.48. The first-order valence-electron chi connectivity index (χ1n) is 13.3. The maximum atomic E-state index is 13.3. The van der Waals surface area contributed by atoms with Crippen molar-refractivity contribution in [3.63, 3.8) is 0 Å². The van der Waals surface area contributed by atoms with E-state index in [1.807, 2.05) is 24.3 Å². The molecule has 0 fully saturated rings. The van der Waals surface area contributed by atoms with Crippen LogP contribution in [0.5, 0.6) is 5.75 Å². The van der Waals surface area contributed by atoms with Crippen LogP contribution in [0.15, 0.2) is 67.3 Å². The maximum absolute atomic E-state index is 13.3. The highest BCUT2D eigenvalue weighted by molar-refractivity contribution is 5.94. The summed E-state index contributed by atoms with van der Waals surface area (Å²) in [6, 6.07) is 9.17. The van der Waals surface area contributed by atoms with Crippen molar-refractivity contribution < 1.29 is 29.4 Å². The van der Waals surface area contributed by atoms with E-state index in [1.165, 1.54) is 31.6 Å². The number of carbonyl (C=O) groups excluding carboxylic acids is 3. The standard InChI is InChI=1S/C29H33N7O6/c1-16(34-27(39)22(30)11-18-13-32-23-5-3-2-4-21(18)23)26(38)35-24(10-17-6-8-20(37)9-7-17)28(40)36-25(29(41)42)12-19-14-31-15-33-19/h2-9,13-16,22,24-25,32,37H,10-12,30H2,1H3,(H,31,33)(H,34,39)(H,35,38)(H,36,40)(H,41,42). The number of carbonyl (C=O) groups is 4. The van der Waals surface area contributed by atoms with Gasteiger partial charge < -0.3 is 41.9 Å². The van der Waals surface area contributed by atoms with Crippen molar-refractivity contribution >= 4 is 34.6 Å². The van der Waals surface area contributed by atoms with Crippen molar-refractivity contribution in [2.24, 2.45) is 5.73 Å². The number of phenolic OH excluding ortho intramolecular Hbond substituents is 1. The molecule has 13 nitrogen and oxygen atoms in total. The molecule has 2 heterocycles. The molecular weight excluding hydrogens is 542 g/mol. The third-order valence-corrected chi connectivity index (χ3v) is 6.81. The molecule has 4 unspecified atom stereocenters. The van der Waals surface area contributed by atoms with Crippen LogP contribution in [-0.4, -0.2) is 73.0 Å². The molecule has 0 saturated carbocycles. The van der Waals surface area contributed by atoms with Gasteiger partial charge in [0.15, 0.2) is 0 Å². The fourth-order valence-corrected chi connectivity index (χ4v) is 4.48. The van der Waals surface area contributed by atoms with Crippen molar-refractivity contribution in [1.29, 1.82) is 0 Å². The Morgan fingerprint density at radius 2 is 1.60 bits per heavy atom. The zero-order chi connectivity index (χ0) is 30.2. The lowest BCUT2D eigenvalue weighted by Gasteiger charge is -2.24. The number of aliphatic carboxylic acids is 1. The van der Waals surface area contributed by atoms with E-state index in [0.29, 0.717) is 11.3 Å². The minimum Gasteiger partial charge on any atom is -0.508 e. The van der Waals surface area contributed by atoms with Crippen LogP contribution < -0.4 is 21.7 Å². The quantitative estimate of drug-likeness (QED) is 0.112. The highest BCUT2D eigenvalue weighted by Gasteiger charge is 2.29. The number of hydrogen-bond acceptors (Lipinski definition) is 7. The SMILES string of the molecule is CC(NC(=O)C(N)Cc1c[nH]c2ccccc12)C(=O)NC(Cc1ccc(O)cc1)C(=O)NC(Cc1cnc[nH]1)C(=O)O. The number of nitrogens with zero attached hydrogens (tertiary/aromatic N) is 1. The lowest BCUT2D eigenvalue weighted by atomic mass is 10.0. The van der Waals surface area contributed by atoms with Gasteiger partial charge in [-0.25, -0.2) is 9.78 Å². The number of para-hydroxylation sites is 1. The molecule has 4 aromatic rings. The Morgan fingerprint density at radius 3 is 2.29 bits per heavy atom. The van der Waals surface area contributed by atoms with Gasteiger partial charge in [0.1, 0.15) is 23.9 Å². The molecule has 0 radical (unpaired) electrons. The van der Waals surface area contributed by atoms with E-state index >= 15 is 0 Å². The predicted octanol–water partition coefficient (Wildman–Crippen LogP) is 0.511. The van der Waals surface area contributed by atoms with E-state index in [-0.39, 0.29) is 25.0 Å². The van der Waals surface area contributed by atoms with Gasteiger partial charge >= 0.3 is 5.97 Å². The number of hydrogen-bond donors (Lipinski definition) is 8. The number of aromatic amines is 2. The van der Waals surface area contributed by atoms with Gasteiger partial charge in [-0.05, 0) is 42.7 Å². The Balaban J connectivity index is 1.41. The minimum absolute atomic E-state index is 0.00497. The number of phenols is 1. The minimum atomic E-state index is -1.29. The van der Waals surface area contributed by atoms with Crippen LogP contribution in [0.3, 0.4) is 0 Å². The smallest absolute Gasteiger partial charge is 0.326 e. The normalized spacial score (nSPS) is 14.0. The average Bonchev–Trinajstić information content (AvgIpc) is 3.63. The number of carboxylic acid groups (broad SMARTS) is 1. The molecule has 0 spiro atoms. The molecule has 2 aromatic heterocycles. The molecule has 0 aliphatic heterocycles. The van der Waals surface area contributed by atoms with Crippen molar-refractivity contribution in [1.82, 2.24) is 30.9 Å². The summed E-state index contributed by atoms with van der Waals surface area (Å²) in [6.45, 7) is 1.46. The summed E-state index contributed by atoms with van der Waals surface area (Å²) in [5.41, 5.74) is 9.03. The largest absolute Gasteiger partial charge is 0.508 e. The van der Waals surface area contributed by atoms with E-state index in [0.717, 1.165) is 16.5 Å². The molecule has 4 atom stereocenters. The van der Waals surface area contributed by atoms with Gasteiger partial charge in [0.2, 0.25) is 17.7 Å². The third-order valence-electron chi connectivity index (χ3n) is 6.81. The van der Waals surface area contributed by atoms with Gasteiger partial charge in [0.25, 0.3) is 0 Å². The van der Waals surface area contributed by atoms with E-state index < -0.39 is 47.9 Å². The molecule has 3 amide bonds. The van der Waals surface area contributed by atoms with E-state index in [4.69, 9.17) is 5.73 Å². The van der Waals surface area contributed by atoms with E-state index in [1.54, 1.807) is 18.3 Å². The van der Waals surface area contributed by atoms with Crippen LogP contribution in [-0.2, 0) is 38.4 Å². The van der Waals surface area contributed by atoms with Gasteiger partial charge in [-0.1, -0.05) is 30.3 Å². The first-order valence-corrected chi connectivity index (χ1v) is 13.3. The molecule has 4 rings (SSSR count). The number of carboxylic acids is 1. The molecule has 0 aliphatic rings. The highest BCUT2D eigenvalue weighted by atomic mass is 16.4. The number of nitrogens with one attached hydrogen (secondary N) is 5. The molecule has 2 aromatic carbocycles. The Kier molecular flexibility index (Phi) is 9.55. The van der Waals surface area contributed by atoms with Crippen LogP contribution in [0.25, 0.3) is 10.9 Å². The van der Waals surface area contributed by atoms with Gasteiger partial charge in [-0.2, -0.15) is 0 Å². The predicted molar refractivity (Wildman–Crippen MR) is 153 cm³/mol. The molecule has 13 heteroatoms. The number of aromatic hydroxyl groups is 1. The Morgan fingerprint density at radius 1 is 0.881 bits per heavy atom. The second-order valence-corrected chi connectivity index (χ2v) is 10.0. The van der Waals surface area contributed by atoms with Crippen molar-refractivity contribution in [3.05, 3.63) is 84.1 Å². The molecule has 220 valence electrons. The average molecular weight is 576 g/mol. The lowest BCUT2D eigenvalue weighted by molar-refractivity contribution is -0.142. The number of fused-ring (bicyclic) bond motifs is 1. The molecule has 9 N–H and O–H groups in total. The van der Waals surface area contributed by atoms with Gasteiger partial charge in [-0.15, -0.1) is 0 Å². The summed E-state index contributed by atoms with van der Waals surface area (Å²) >= 11 is 0. The molecule has 42 heavy (non-hydrogen) atoms. The Bertz CT molecular complexity index is 1530. The van der Waals surface area contributed by atoms with Crippen molar-refractivity contribution in [2.45, 2.75) is 50.4 Å².